The van der Waals surface area contributed by atoms with Crippen molar-refractivity contribution in [2.24, 2.45) is 0 Å². The number of aromatic nitrogens is 4. The fourth-order valence-corrected chi connectivity index (χ4v) is 2.16. The van der Waals surface area contributed by atoms with E-state index in [1.54, 1.807) is 6.20 Å². The van der Waals surface area contributed by atoms with Gasteiger partial charge in [0.15, 0.2) is 0 Å². The Morgan fingerprint density at radius 1 is 1.33 bits per heavy atom. The molecule has 0 atom stereocenters. The highest BCUT2D eigenvalue weighted by Crippen LogP contribution is 2.28. The minimum absolute atomic E-state index is 0.395. The van der Waals surface area contributed by atoms with Crippen molar-refractivity contribution in [3.8, 4) is 11.8 Å². The molecule has 3 rings (SSSR count). The maximum Gasteiger partial charge on any atom is 0.254 e. The van der Waals surface area contributed by atoms with Gasteiger partial charge in [-0.15, -0.1) is 0 Å². The van der Waals surface area contributed by atoms with Gasteiger partial charge in [0.2, 0.25) is 0 Å². The van der Waals surface area contributed by atoms with E-state index in [1.807, 2.05) is 0 Å². The number of hydrogen-bond acceptors (Lipinski definition) is 5. The summed E-state index contributed by atoms with van der Waals surface area (Å²) in [4.78, 5) is 8.03. The van der Waals surface area contributed by atoms with E-state index >= 15 is 0 Å². The van der Waals surface area contributed by atoms with Crippen LogP contribution in [0.4, 0.5) is 5.82 Å². The lowest BCUT2D eigenvalue weighted by Gasteiger charge is -2.12. The van der Waals surface area contributed by atoms with Gasteiger partial charge in [-0.1, -0.05) is 11.8 Å². The Morgan fingerprint density at radius 2 is 2.11 bits per heavy atom. The Morgan fingerprint density at radius 3 is 2.89 bits per heavy atom. The molecule has 1 saturated carbocycles. The fourth-order valence-electron chi connectivity index (χ4n) is 2.16. The Kier molecular flexibility index (Phi) is 2.42. The van der Waals surface area contributed by atoms with Crippen molar-refractivity contribution >= 4 is 11.6 Å². The number of nitrogen functional groups attached to an aromatic ring is 1. The average molecular weight is 243 g/mol. The van der Waals surface area contributed by atoms with E-state index in [9.17, 15) is 5.11 Å². The Hall–Kier alpha value is -2.13. The molecule has 2 aromatic rings. The Labute approximate surface area is 104 Å². The summed E-state index contributed by atoms with van der Waals surface area (Å²) in [6, 6.07) is 0. The molecule has 0 amide bonds. The molecule has 6 heteroatoms. The molecule has 2 heterocycles. The van der Waals surface area contributed by atoms with Crippen molar-refractivity contribution in [3.05, 3.63) is 18.1 Å². The Bertz CT molecular complexity index is 645. The first-order valence-corrected chi connectivity index (χ1v) is 5.88. The molecular formula is C12H13N5O. The lowest BCUT2D eigenvalue weighted by molar-refractivity contribution is 0.110. The normalized spacial score (nSPS) is 17.6. The van der Waals surface area contributed by atoms with Gasteiger partial charge in [-0.25, -0.2) is 4.98 Å². The van der Waals surface area contributed by atoms with Crippen LogP contribution in [0.3, 0.4) is 0 Å². The van der Waals surface area contributed by atoms with E-state index in [0.717, 1.165) is 25.7 Å². The van der Waals surface area contributed by atoms with Crippen LogP contribution in [0.5, 0.6) is 0 Å². The molecule has 0 unspecified atom stereocenters. The summed E-state index contributed by atoms with van der Waals surface area (Å²) < 4.78 is 1.43. The van der Waals surface area contributed by atoms with Gasteiger partial charge in [0.05, 0.1) is 11.8 Å². The molecule has 0 bridgehead atoms. The standard InChI is InChI=1S/C12H13N5O/c13-10-9(3-6-12(18)4-1-2-5-12)7-14-11-15-8-16-17(10)11/h7-8,18H,1-2,4-5,13H2. The molecule has 92 valence electrons. The third-order valence-corrected chi connectivity index (χ3v) is 3.20. The molecule has 2 aromatic heterocycles. The van der Waals surface area contributed by atoms with Crippen molar-refractivity contribution in [1.82, 2.24) is 19.6 Å². The zero-order valence-corrected chi connectivity index (χ0v) is 9.80. The van der Waals surface area contributed by atoms with Crippen molar-refractivity contribution in [2.45, 2.75) is 31.3 Å². The van der Waals surface area contributed by atoms with Crippen LogP contribution in [0.2, 0.25) is 0 Å². The monoisotopic (exact) mass is 243 g/mol. The lowest BCUT2D eigenvalue weighted by atomic mass is 10.0. The SMILES string of the molecule is Nc1c(C#CC2(O)CCCC2)cnc2ncnn12. The fraction of sp³-hybridized carbons (Fsp3) is 0.417. The van der Waals surface area contributed by atoms with Crippen molar-refractivity contribution in [2.75, 3.05) is 5.73 Å². The molecule has 18 heavy (non-hydrogen) atoms. The highest BCUT2D eigenvalue weighted by atomic mass is 16.3. The summed E-state index contributed by atoms with van der Waals surface area (Å²) in [5.41, 5.74) is 5.62. The highest BCUT2D eigenvalue weighted by Gasteiger charge is 2.28. The van der Waals surface area contributed by atoms with E-state index in [4.69, 9.17) is 5.73 Å². The zero-order chi connectivity index (χ0) is 12.6. The summed E-state index contributed by atoms with van der Waals surface area (Å²) in [6.45, 7) is 0. The number of anilines is 1. The minimum Gasteiger partial charge on any atom is -0.382 e. The summed E-state index contributed by atoms with van der Waals surface area (Å²) in [7, 11) is 0. The maximum atomic E-state index is 10.1. The average Bonchev–Trinajstić information content (AvgIpc) is 2.98. The number of aliphatic hydroxyl groups is 1. The quantitative estimate of drug-likeness (QED) is 0.652. The second-order valence-electron chi connectivity index (χ2n) is 4.52. The van der Waals surface area contributed by atoms with Gasteiger partial charge in [-0.2, -0.15) is 14.6 Å². The van der Waals surface area contributed by atoms with Crippen molar-refractivity contribution in [1.29, 1.82) is 0 Å². The number of rotatable bonds is 0. The largest absolute Gasteiger partial charge is 0.382 e. The van der Waals surface area contributed by atoms with Gasteiger partial charge in [0.1, 0.15) is 17.7 Å². The molecule has 0 spiro atoms. The molecule has 0 saturated heterocycles. The minimum atomic E-state index is -0.871. The van der Waals surface area contributed by atoms with Gasteiger partial charge in [0.25, 0.3) is 5.78 Å². The zero-order valence-electron chi connectivity index (χ0n) is 9.80. The molecule has 0 radical (unpaired) electrons. The first-order valence-electron chi connectivity index (χ1n) is 5.88. The van der Waals surface area contributed by atoms with E-state index in [0.29, 0.717) is 17.2 Å². The van der Waals surface area contributed by atoms with Crippen LogP contribution >= 0.6 is 0 Å². The second kappa shape index (κ2) is 3.96. The van der Waals surface area contributed by atoms with Crippen LogP contribution in [-0.2, 0) is 0 Å². The van der Waals surface area contributed by atoms with Crippen LogP contribution in [0, 0.1) is 11.8 Å². The predicted octanol–water partition coefficient (Wildman–Crippen LogP) is 0.363. The van der Waals surface area contributed by atoms with Crippen molar-refractivity contribution in [3.63, 3.8) is 0 Å². The van der Waals surface area contributed by atoms with Crippen LogP contribution in [0.1, 0.15) is 31.2 Å². The first kappa shape index (κ1) is 11.0. The Balaban J connectivity index is 2.00. The topological polar surface area (TPSA) is 89.3 Å². The van der Waals surface area contributed by atoms with Crippen LogP contribution in [0.15, 0.2) is 12.5 Å². The maximum absolute atomic E-state index is 10.1. The molecule has 6 nitrogen and oxygen atoms in total. The van der Waals surface area contributed by atoms with Crippen LogP contribution in [-0.4, -0.2) is 30.3 Å². The van der Waals surface area contributed by atoms with E-state index in [-0.39, 0.29) is 0 Å². The molecular weight excluding hydrogens is 230 g/mol. The molecule has 0 aromatic carbocycles. The van der Waals surface area contributed by atoms with Gasteiger partial charge in [-0.05, 0) is 25.7 Å². The van der Waals surface area contributed by atoms with Gasteiger partial charge in [0, 0.05) is 0 Å². The summed E-state index contributed by atoms with van der Waals surface area (Å²) in [6.07, 6.45) is 6.42. The molecule has 1 fully saturated rings. The van der Waals surface area contributed by atoms with E-state index < -0.39 is 5.60 Å². The van der Waals surface area contributed by atoms with Crippen LogP contribution < -0.4 is 5.73 Å². The van der Waals surface area contributed by atoms with E-state index in [1.165, 1.54) is 10.8 Å². The summed E-state index contributed by atoms with van der Waals surface area (Å²) in [5.74, 6) is 6.63. The number of fused-ring (bicyclic) bond motifs is 1. The third-order valence-electron chi connectivity index (χ3n) is 3.20. The second-order valence-corrected chi connectivity index (χ2v) is 4.52. The van der Waals surface area contributed by atoms with Gasteiger partial charge < -0.3 is 10.8 Å². The van der Waals surface area contributed by atoms with Crippen molar-refractivity contribution < 1.29 is 5.11 Å². The summed E-state index contributed by atoms with van der Waals surface area (Å²) in [5, 5.41) is 14.1. The third kappa shape index (κ3) is 1.79. The van der Waals surface area contributed by atoms with E-state index in [2.05, 4.69) is 26.9 Å². The molecule has 1 aliphatic rings. The van der Waals surface area contributed by atoms with Crippen LogP contribution in [0.25, 0.3) is 5.78 Å². The number of nitrogens with two attached hydrogens (primary N) is 1. The first-order chi connectivity index (χ1) is 8.68. The number of hydrogen-bond donors (Lipinski definition) is 2. The van der Waals surface area contributed by atoms with Gasteiger partial charge >= 0.3 is 0 Å². The molecule has 0 aliphatic heterocycles. The van der Waals surface area contributed by atoms with Gasteiger partial charge in [-0.3, -0.25) is 0 Å². The molecule has 1 aliphatic carbocycles. The smallest absolute Gasteiger partial charge is 0.254 e. The summed E-state index contributed by atoms with van der Waals surface area (Å²) >= 11 is 0. The lowest BCUT2D eigenvalue weighted by Crippen LogP contribution is -2.20. The number of nitrogens with zero attached hydrogens (tertiary/aromatic N) is 4. The predicted molar refractivity (Wildman–Crippen MR) is 65.5 cm³/mol. The highest BCUT2D eigenvalue weighted by molar-refractivity contribution is 5.54. The molecule has 3 N–H and O–H groups in total.